The van der Waals surface area contributed by atoms with E-state index in [0.29, 0.717) is 11.8 Å². The van der Waals surface area contributed by atoms with Crippen LogP contribution in [0.15, 0.2) is 42.5 Å². The number of hydrogen-bond donors (Lipinski definition) is 0. The first-order chi connectivity index (χ1) is 10.7. The molecule has 22 heavy (non-hydrogen) atoms. The fourth-order valence-electron chi connectivity index (χ4n) is 2.51. The molecule has 1 atom stereocenters. The number of halogens is 2. The zero-order valence-corrected chi connectivity index (χ0v) is 12.5. The molecular formula is C16H14F2N2OS. The molecule has 0 N–H and O–H groups in total. The molecule has 0 aromatic heterocycles. The summed E-state index contributed by atoms with van der Waals surface area (Å²) >= 11 is 1.43. The van der Waals surface area contributed by atoms with Crippen molar-refractivity contribution in [2.45, 2.75) is 12.5 Å². The van der Waals surface area contributed by atoms with Gasteiger partial charge in [0.05, 0.1) is 41.9 Å². The topological polar surface area (TPSA) is 19.0 Å². The third-order valence-corrected chi connectivity index (χ3v) is 4.87. The first-order valence-electron chi connectivity index (χ1n) is 7.14. The normalized spacial score (nSPS) is 19.5. The van der Waals surface area contributed by atoms with Gasteiger partial charge in [-0.2, -0.15) is 0 Å². The van der Waals surface area contributed by atoms with Crippen LogP contribution >= 0.6 is 12.1 Å². The molecule has 0 spiro atoms. The number of epoxide rings is 1. The fourth-order valence-corrected chi connectivity index (χ4v) is 3.62. The zero-order chi connectivity index (χ0) is 15.1. The number of fused-ring (bicyclic) bond motifs is 1. The van der Waals surface area contributed by atoms with E-state index in [4.69, 9.17) is 4.74 Å². The van der Waals surface area contributed by atoms with Crippen LogP contribution in [-0.4, -0.2) is 19.3 Å². The minimum atomic E-state index is -0.568. The molecule has 3 nitrogen and oxygen atoms in total. The smallest absolute Gasteiger partial charge is 0.150 e. The maximum absolute atomic E-state index is 14.1. The van der Waals surface area contributed by atoms with E-state index in [1.807, 2.05) is 24.3 Å². The summed E-state index contributed by atoms with van der Waals surface area (Å²) in [4.78, 5) is 0. The Bertz CT molecular complexity index is 708. The van der Waals surface area contributed by atoms with Gasteiger partial charge in [-0.05, 0) is 30.7 Å². The minimum Gasteiger partial charge on any atom is -0.373 e. The second-order valence-electron chi connectivity index (χ2n) is 5.31. The van der Waals surface area contributed by atoms with Crippen molar-refractivity contribution in [2.75, 3.05) is 21.8 Å². The van der Waals surface area contributed by atoms with E-state index in [-0.39, 0.29) is 0 Å². The Labute approximate surface area is 131 Å². The van der Waals surface area contributed by atoms with Crippen LogP contribution in [0, 0.1) is 11.6 Å². The van der Waals surface area contributed by atoms with Gasteiger partial charge in [-0.25, -0.2) is 8.78 Å². The van der Waals surface area contributed by atoms with Crippen LogP contribution in [0.3, 0.4) is 0 Å². The van der Waals surface area contributed by atoms with Crippen molar-refractivity contribution >= 4 is 29.2 Å². The quantitative estimate of drug-likeness (QED) is 0.618. The van der Waals surface area contributed by atoms with Gasteiger partial charge in [-0.1, -0.05) is 12.1 Å². The maximum Gasteiger partial charge on any atom is 0.150 e. The largest absolute Gasteiger partial charge is 0.373 e. The highest BCUT2D eigenvalue weighted by molar-refractivity contribution is 8.02. The molecular weight excluding hydrogens is 306 g/mol. The van der Waals surface area contributed by atoms with Crippen molar-refractivity contribution in [3.05, 3.63) is 54.1 Å². The molecule has 0 bridgehead atoms. The highest BCUT2D eigenvalue weighted by Gasteiger charge is 2.31. The molecule has 6 heteroatoms. The van der Waals surface area contributed by atoms with Crippen molar-refractivity contribution in [1.82, 2.24) is 0 Å². The molecule has 4 rings (SSSR count). The molecule has 0 radical (unpaired) electrons. The second-order valence-corrected chi connectivity index (χ2v) is 6.28. The summed E-state index contributed by atoms with van der Waals surface area (Å²) in [5, 5.41) is 0. The molecule has 0 amide bonds. The van der Waals surface area contributed by atoms with Gasteiger partial charge in [0.2, 0.25) is 0 Å². The molecule has 1 fully saturated rings. The van der Waals surface area contributed by atoms with E-state index in [9.17, 15) is 8.78 Å². The second kappa shape index (κ2) is 5.44. The molecule has 2 aromatic rings. The molecule has 2 aliphatic heterocycles. The third kappa shape index (κ3) is 2.53. The van der Waals surface area contributed by atoms with Gasteiger partial charge in [0.25, 0.3) is 0 Å². The predicted molar refractivity (Wildman–Crippen MR) is 84.2 cm³/mol. The van der Waals surface area contributed by atoms with Crippen LogP contribution in [-0.2, 0) is 4.74 Å². The van der Waals surface area contributed by atoms with Crippen LogP contribution in [0.25, 0.3) is 0 Å². The van der Waals surface area contributed by atoms with E-state index in [1.54, 1.807) is 4.31 Å². The molecule has 2 aliphatic rings. The lowest BCUT2D eigenvalue weighted by molar-refractivity contribution is 0.399. The van der Waals surface area contributed by atoms with Crippen molar-refractivity contribution < 1.29 is 13.5 Å². The summed E-state index contributed by atoms with van der Waals surface area (Å²) in [6.45, 7) is 1.65. The van der Waals surface area contributed by atoms with Crippen molar-refractivity contribution in [3.8, 4) is 0 Å². The standard InChI is InChI=1S/C16H14F2N2OS/c17-11-5-6-14(13(18)9-11)20-16-4-2-1-3-15(16)19(22-20)8-7-12-10-21-12/h1-6,9,12H,7-8,10H2. The van der Waals surface area contributed by atoms with Gasteiger partial charge in [0.15, 0.2) is 5.82 Å². The van der Waals surface area contributed by atoms with Crippen LogP contribution in [0.2, 0.25) is 0 Å². The number of rotatable bonds is 4. The number of anilines is 3. The summed E-state index contributed by atoms with van der Waals surface area (Å²) in [5.41, 5.74) is 2.32. The van der Waals surface area contributed by atoms with Crippen molar-refractivity contribution in [2.24, 2.45) is 0 Å². The lowest BCUT2D eigenvalue weighted by atomic mass is 10.2. The van der Waals surface area contributed by atoms with E-state index >= 15 is 0 Å². The lowest BCUT2D eigenvalue weighted by Gasteiger charge is -2.19. The average molecular weight is 320 g/mol. The Hall–Kier alpha value is -1.79. The van der Waals surface area contributed by atoms with Gasteiger partial charge in [0, 0.05) is 12.6 Å². The molecule has 1 unspecified atom stereocenters. The Morgan fingerprint density at radius 2 is 1.86 bits per heavy atom. The van der Waals surface area contributed by atoms with Crippen LogP contribution in [0.5, 0.6) is 0 Å². The Kier molecular flexibility index (Phi) is 3.43. The van der Waals surface area contributed by atoms with Gasteiger partial charge < -0.3 is 4.74 Å². The van der Waals surface area contributed by atoms with E-state index < -0.39 is 11.6 Å². The molecule has 114 valence electrons. The maximum atomic E-state index is 14.1. The lowest BCUT2D eigenvalue weighted by Crippen LogP contribution is -2.16. The number of hydrogen-bond acceptors (Lipinski definition) is 4. The molecule has 1 saturated heterocycles. The third-order valence-electron chi connectivity index (χ3n) is 3.73. The van der Waals surface area contributed by atoms with Crippen LogP contribution < -0.4 is 8.61 Å². The summed E-state index contributed by atoms with van der Waals surface area (Å²) in [6, 6.07) is 11.5. The highest BCUT2D eigenvalue weighted by atomic mass is 32.2. The summed E-state index contributed by atoms with van der Waals surface area (Å²) in [7, 11) is 0. The van der Waals surface area contributed by atoms with Gasteiger partial charge in [0.1, 0.15) is 5.82 Å². The van der Waals surface area contributed by atoms with Gasteiger partial charge in [-0.3, -0.25) is 8.61 Å². The van der Waals surface area contributed by atoms with Crippen LogP contribution in [0.4, 0.5) is 25.8 Å². The summed E-state index contributed by atoms with van der Waals surface area (Å²) in [6.07, 6.45) is 1.30. The van der Waals surface area contributed by atoms with Gasteiger partial charge >= 0.3 is 0 Å². The van der Waals surface area contributed by atoms with E-state index in [1.165, 1.54) is 24.3 Å². The Balaban J connectivity index is 1.65. The first-order valence-corrected chi connectivity index (χ1v) is 7.87. The fraction of sp³-hybridized carbons (Fsp3) is 0.250. The summed E-state index contributed by atoms with van der Waals surface area (Å²) in [5.74, 6) is -1.13. The highest BCUT2D eigenvalue weighted by Crippen LogP contribution is 2.49. The Morgan fingerprint density at radius 1 is 1.09 bits per heavy atom. The molecule has 2 aromatic carbocycles. The average Bonchev–Trinajstić information content (AvgIpc) is 3.27. The van der Waals surface area contributed by atoms with Crippen molar-refractivity contribution in [3.63, 3.8) is 0 Å². The number of para-hydroxylation sites is 2. The molecule has 0 aliphatic carbocycles. The predicted octanol–water partition coefficient (Wildman–Crippen LogP) is 4.28. The minimum absolute atomic E-state index is 0.351. The van der Waals surface area contributed by atoms with Crippen molar-refractivity contribution in [1.29, 1.82) is 0 Å². The van der Waals surface area contributed by atoms with E-state index in [2.05, 4.69) is 4.31 Å². The summed E-state index contributed by atoms with van der Waals surface area (Å²) < 4.78 is 36.4. The van der Waals surface area contributed by atoms with Gasteiger partial charge in [-0.15, -0.1) is 0 Å². The molecule has 2 heterocycles. The Morgan fingerprint density at radius 3 is 2.59 bits per heavy atom. The number of nitrogens with zero attached hydrogens (tertiary/aromatic N) is 2. The zero-order valence-electron chi connectivity index (χ0n) is 11.7. The number of ether oxygens (including phenoxy) is 1. The molecule has 0 saturated carbocycles. The SMILES string of the molecule is Fc1ccc(N2SN(CCC3CO3)c3ccccc32)c(F)c1. The first kappa shape index (κ1) is 13.8. The number of benzene rings is 2. The monoisotopic (exact) mass is 320 g/mol. The van der Waals surface area contributed by atoms with E-state index in [0.717, 1.165) is 37.0 Å². The van der Waals surface area contributed by atoms with Crippen LogP contribution in [0.1, 0.15) is 6.42 Å².